The van der Waals surface area contributed by atoms with Gasteiger partial charge in [0.05, 0.1) is 0 Å². The first-order valence-electron chi connectivity index (χ1n) is 8.25. The third-order valence-electron chi connectivity index (χ3n) is 5.13. The van der Waals surface area contributed by atoms with Crippen molar-refractivity contribution in [3.8, 4) is 5.75 Å². The molecule has 0 aliphatic heterocycles. The molecule has 5 heteroatoms. The minimum atomic E-state index is -0.234. The molecule has 1 N–H and O–H groups in total. The second-order valence-electron chi connectivity index (χ2n) is 6.77. The highest BCUT2D eigenvalue weighted by molar-refractivity contribution is 6.30. The van der Waals surface area contributed by atoms with Gasteiger partial charge in [0.15, 0.2) is 6.61 Å². The Morgan fingerprint density at radius 2 is 2.22 bits per heavy atom. The normalized spacial score (nSPS) is 26.4. The molecule has 2 fully saturated rings. The molecule has 0 radical (unpaired) electrons. The SMILES string of the molecule is C/C(=N\NC(=O)COc1ccc(Cl)cc1C)C1CC2CCC1C2. The minimum absolute atomic E-state index is 0.0457. The predicted molar refractivity (Wildman–Crippen MR) is 91.9 cm³/mol. The van der Waals surface area contributed by atoms with Gasteiger partial charge in [0.25, 0.3) is 5.91 Å². The number of hydrogen-bond donors (Lipinski definition) is 1. The molecular formula is C18H23ClN2O2. The molecule has 1 aromatic carbocycles. The summed E-state index contributed by atoms with van der Waals surface area (Å²) < 4.78 is 5.52. The molecule has 0 aromatic heterocycles. The van der Waals surface area contributed by atoms with E-state index >= 15 is 0 Å². The van der Waals surface area contributed by atoms with Crippen LogP contribution in [0.4, 0.5) is 0 Å². The molecule has 2 bridgehead atoms. The Balaban J connectivity index is 1.48. The number of aryl methyl sites for hydroxylation is 1. The number of hydrogen-bond acceptors (Lipinski definition) is 3. The molecule has 2 saturated carbocycles. The topological polar surface area (TPSA) is 50.7 Å². The summed E-state index contributed by atoms with van der Waals surface area (Å²) in [6.07, 6.45) is 5.25. The van der Waals surface area contributed by atoms with Crippen LogP contribution in [0, 0.1) is 24.7 Å². The Bertz CT molecular complexity index is 629. The fourth-order valence-corrected chi connectivity index (χ4v) is 4.17. The second kappa shape index (κ2) is 6.91. The van der Waals surface area contributed by atoms with Gasteiger partial charge in [-0.05, 0) is 68.7 Å². The second-order valence-corrected chi connectivity index (χ2v) is 7.20. The van der Waals surface area contributed by atoms with Crippen LogP contribution >= 0.6 is 11.6 Å². The van der Waals surface area contributed by atoms with Crippen molar-refractivity contribution in [2.24, 2.45) is 22.9 Å². The van der Waals surface area contributed by atoms with E-state index in [4.69, 9.17) is 16.3 Å². The van der Waals surface area contributed by atoms with E-state index < -0.39 is 0 Å². The number of carbonyl (C=O) groups excluding carboxylic acids is 1. The van der Waals surface area contributed by atoms with Gasteiger partial charge in [-0.25, -0.2) is 5.43 Å². The van der Waals surface area contributed by atoms with Gasteiger partial charge in [-0.3, -0.25) is 4.79 Å². The standard InChI is InChI=1S/C18H23ClN2O2/c1-11-7-15(19)5-6-17(11)23-10-18(22)21-20-12(2)16-9-13-3-4-14(16)8-13/h5-7,13-14,16H,3-4,8-10H2,1-2H3,(H,21,22)/b20-12+. The fraction of sp³-hybridized carbons (Fsp3) is 0.556. The summed E-state index contributed by atoms with van der Waals surface area (Å²) in [6, 6.07) is 5.33. The quantitative estimate of drug-likeness (QED) is 0.654. The molecule has 2 aliphatic carbocycles. The van der Waals surface area contributed by atoms with Crippen LogP contribution in [0.15, 0.2) is 23.3 Å². The van der Waals surface area contributed by atoms with Crippen molar-refractivity contribution >= 4 is 23.2 Å². The average Bonchev–Trinajstić information content (AvgIpc) is 3.14. The number of carbonyl (C=O) groups is 1. The number of fused-ring (bicyclic) bond motifs is 2. The predicted octanol–water partition coefficient (Wildman–Crippen LogP) is 3.96. The summed E-state index contributed by atoms with van der Waals surface area (Å²) in [5.74, 6) is 2.63. The first kappa shape index (κ1) is 16.3. The molecule has 4 nitrogen and oxygen atoms in total. The van der Waals surface area contributed by atoms with Gasteiger partial charge in [0, 0.05) is 16.7 Å². The molecule has 3 rings (SSSR count). The Morgan fingerprint density at radius 1 is 1.39 bits per heavy atom. The number of ether oxygens (including phenoxy) is 1. The number of benzene rings is 1. The first-order valence-corrected chi connectivity index (χ1v) is 8.62. The smallest absolute Gasteiger partial charge is 0.277 e. The number of hydrazone groups is 1. The van der Waals surface area contributed by atoms with E-state index in [1.165, 1.54) is 25.7 Å². The lowest BCUT2D eigenvalue weighted by molar-refractivity contribution is -0.123. The van der Waals surface area contributed by atoms with E-state index in [-0.39, 0.29) is 12.5 Å². The van der Waals surface area contributed by atoms with Gasteiger partial charge in [-0.15, -0.1) is 0 Å². The molecule has 1 amide bonds. The maximum atomic E-state index is 11.9. The Kier molecular flexibility index (Phi) is 4.90. The van der Waals surface area contributed by atoms with Gasteiger partial charge < -0.3 is 4.74 Å². The zero-order chi connectivity index (χ0) is 16.4. The van der Waals surface area contributed by atoms with E-state index in [2.05, 4.69) is 10.5 Å². The minimum Gasteiger partial charge on any atom is -0.483 e. The summed E-state index contributed by atoms with van der Waals surface area (Å²) in [5, 5.41) is 4.95. The third kappa shape index (κ3) is 3.86. The highest BCUT2D eigenvalue weighted by Gasteiger charge is 2.40. The average molecular weight is 335 g/mol. The largest absolute Gasteiger partial charge is 0.483 e. The van der Waals surface area contributed by atoms with E-state index in [0.29, 0.717) is 16.7 Å². The lowest BCUT2D eigenvalue weighted by Crippen LogP contribution is -2.28. The van der Waals surface area contributed by atoms with Crippen molar-refractivity contribution in [1.82, 2.24) is 5.43 Å². The molecular weight excluding hydrogens is 312 g/mol. The van der Waals surface area contributed by atoms with E-state index in [1.54, 1.807) is 12.1 Å². The first-order chi connectivity index (χ1) is 11.0. The summed E-state index contributed by atoms with van der Waals surface area (Å²) in [5.41, 5.74) is 4.58. The van der Waals surface area contributed by atoms with E-state index in [0.717, 1.165) is 23.1 Å². The van der Waals surface area contributed by atoms with Crippen LogP contribution in [-0.2, 0) is 4.79 Å². The highest BCUT2D eigenvalue weighted by Crippen LogP contribution is 2.48. The fourth-order valence-electron chi connectivity index (χ4n) is 3.94. The number of rotatable bonds is 5. The van der Waals surface area contributed by atoms with Crippen LogP contribution in [0.2, 0.25) is 5.02 Å². The van der Waals surface area contributed by atoms with Crippen LogP contribution in [0.5, 0.6) is 5.75 Å². The van der Waals surface area contributed by atoms with Crippen molar-refractivity contribution in [3.05, 3.63) is 28.8 Å². The molecule has 1 aromatic rings. The van der Waals surface area contributed by atoms with Crippen molar-refractivity contribution < 1.29 is 9.53 Å². The van der Waals surface area contributed by atoms with E-state index in [1.807, 2.05) is 19.9 Å². The van der Waals surface area contributed by atoms with E-state index in [9.17, 15) is 4.79 Å². The maximum Gasteiger partial charge on any atom is 0.277 e. The van der Waals surface area contributed by atoms with Gasteiger partial charge in [0.1, 0.15) is 5.75 Å². The third-order valence-corrected chi connectivity index (χ3v) is 5.36. The van der Waals surface area contributed by atoms with Crippen LogP contribution in [0.3, 0.4) is 0 Å². The Morgan fingerprint density at radius 3 is 2.87 bits per heavy atom. The lowest BCUT2D eigenvalue weighted by Gasteiger charge is -2.21. The molecule has 0 spiro atoms. The molecule has 124 valence electrons. The summed E-state index contributed by atoms with van der Waals surface area (Å²) >= 11 is 5.90. The van der Waals surface area contributed by atoms with Crippen molar-refractivity contribution in [2.75, 3.05) is 6.61 Å². The van der Waals surface area contributed by atoms with Crippen LogP contribution in [-0.4, -0.2) is 18.2 Å². The van der Waals surface area contributed by atoms with Gasteiger partial charge >= 0.3 is 0 Å². The molecule has 3 atom stereocenters. The zero-order valence-electron chi connectivity index (χ0n) is 13.6. The number of nitrogens with zero attached hydrogens (tertiary/aromatic N) is 1. The number of halogens is 1. The summed E-state index contributed by atoms with van der Waals surface area (Å²) in [7, 11) is 0. The molecule has 3 unspecified atom stereocenters. The van der Waals surface area contributed by atoms with Crippen LogP contribution in [0.1, 0.15) is 38.2 Å². The maximum absolute atomic E-state index is 11.9. The molecule has 0 heterocycles. The van der Waals surface area contributed by atoms with Crippen molar-refractivity contribution in [2.45, 2.75) is 39.5 Å². The van der Waals surface area contributed by atoms with Gasteiger partial charge in [-0.1, -0.05) is 18.0 Å². The summed E-state index contributed by atoms with van der Waals surface area (Å²) in [4.78, 5) is 11.9. The molecule has 23 heavy (non-hydrogen) atoms. The van der Waals surface area contributed by atoms with Crippen LogP contribution < -0.4 is 10.2 Å². The lowest BCUT2D eigenvalue weighted by atomic mass is 9.86. The van der Waals surface area contributed by atoms with Crippen LogP contribution in [0.25, 0.3) is 0 Å². The molecule has 0 saturated heterocycles. The highest BCUT2D eigenvalue weighted by atomic mass is 35.5. The Hall–Kier alpha value is -1.55. The number of nitrogens with one attached hydrogen (secondary N) is 1. The summed E-state index contributed by atoms with van der Waals surface area (Å²) in [6.45, 7) is 3.88. The number of amides is 1. The van der Waals surface area contributed by atoms with Crippen molar-refractivity contribution in [3.63, 3.8) is 0 Å². The Labute approximate surface area is 142 Å². The van der Waals surface area contributed by atoms with Crippen molar-refractivity contribution in [1.29, 1.82) is 0 Å². The van der Waals surface area contributed by atoms with Gasteiger partial charge in [0.2, 0.25) is 0 Å². The molecule has 2 aliphatic rings. The van der Waals surface area contributed by atoms with Gasteiger partial charge in [-0.2, -0.15) is 5.10 Å². The zero-order valence-corrected chi connectivity index (χ0v) is 14.4. The monoisotopic (exact) mass is 334 g/mol.